The van der Waals surface area contributed by atoms with Gasteiger partial charge in [0.2, 0.25) is 0 Å². The lowest BCUT2D eigenvalue weighted by Gasteiger charge is -2.30. The molecular weight excluding hydrogens is 308 g/mol. The number of urea groups is 1. The summed E-state index contributed by atoms with van der Waals surface area (Å²) in [6.07, 6.45) is 2.47. The molecule has 0 aromatic heterocycles. The van der Waals surface area contributed by atoms with Crippen LogP contribution in [0.2, 0.25) is 0 Å². The average molecular weight is 332 g/mol. The van der Waals surface area contributed by atoms with E-state index in [-0.39, 0.29) is 18.5 Å². The zero-order chi connectivity index (χ0) is 16.9. The number of anilines is 2. The number of hydrogen-bond donors (Lipinski definition) is 3. The first-order valence-corrected chi connectivity index (χ1v) is 8.44. The van der Waals surface area contributed by atoms with Crippen molar-refractivity contribution in [2.24, 2.45) is 5.92 Å². The summed E-state index contributed by atoms with van der Waals surface area (Å²) in [6, 6.07) is 4.93. The second kappa shape index (κ2) is 7.53. The third-order valence-electron chi connectivity index (χ3n) is 4.46. The van der Waals surface area contributed by atoms with Crippen LogP contribution < -0.4 is 20.7 Å². The van der Waals surface area contributed by atoms with Gasteiger partial charge < -0.3 is 25.6 Å². The number of carbonyl (C=O) groups is 2. The van der Waals surface area contributed by atoms with E-state index in [1.165, 1.54) is 12.8 Å². The molecule has 2 heterocycles. The van der Waals surface area contributed by atoms with Gasteiger partial charge in [0, 0.05) is 24.8 Å². The van der Waals surface area contributed by atoms with Gasteiger partial charge in [-0.25, -0.2) is 4.79 Å². The molecule has 0 aliphatic carbocycles. The Balaban J connectivity index is 1.43. The Bertz CT molecular complexity index is 612. The van der Waals surface area contributed by atoms with E-state index in [1.807, 2.05) is 0 Å². The quantitative estimate of drug-likeness (QED) is 0.786. The van der Waals surface area contributed by atoms with Gasteiger partial charge in [0.1, 0.15) is 5.75 Å². The number of nitrogens with zero attached hydrogens (tertiary/aromatic N) is 1. The first-order valence-electron chi connectivity index (χ1n) is 8.44. The van der Waals surface area contributed by atoms with Crippen LogP contribution in [0.1, 0.15) is 19.8 Å². The molecule has 1 fully saturated rings. The number of piperidine rings is 1. The van der Waals surface area contributed by atoms with Gasteiger partial charge in [0.05, 0.1) is 5.69 Å². The fraction of sp³-hybridized carbons (Fsp3) is 0.529. The molecule has 0 spiro atoms. The van der Waals surface area contributed by atoms with E-state index in [0.717, 1.165) is 25.6 Å². The largest absolute Gasteiger partial charge is 0.482 e. The van der Waals surface area contributed by atoms with E-state index in [9.17, 15) is 9.59 Å². The summed E-state index contributed by atoms with van der Waals surface area (Å²) in [5.74, 6) is 1.21. The molecule has 0 atom stereocenters. The van der Waals surface area contributed by atoms with Crippen molar-refractivity contribution in [3.8, 4) is 5.75 Å². The molecule has 3 amide bonds. The molecule has 0 unspecified atom stereocenters. The third-order valence-corrected chi connectivity index (χ3v) is 4.46. The summed E-state index contributed by atoms with van der Waals surface area (Å²) in [5, 5.41) is 8.38. The maximum Gasteiger partial charge on any atom is 0.319 e. The molecule has 3 rings (SSSR count). The van der Waals surface area contributed by atoms with E-state index >= 15 is 0 Å². The highest BCUT2D eigenvalue weighted by Gasteiger charge is 2.17. The van der Waals surface area contributed by atoms with Crippen molar-refractivity contribution in [3.05, 3.63) is 18.2 Å². The maximum absolute atomic E-state index is 12.0. The molecule has 24 heavy (non-hydrogen) atoms. The zero-order valence-corrected chi connectivity index (χ0v) is 13.9. The third kappa shape index (κ3) is 4.38. The number of rotatable bonds is 4. The van der Waals surface area contributed by atoms with Crippen LogP contribution >= 0.6 is 0 Å². The topological polar surface area (TPSA) is 82.7 Å². The second-order valence-electron chi connectivity index (χ2n) is 6.45. The highest BCUT2D eigenvalue weighted by molar-refractivity contribution is 5.96. The van der Waals surface area contributed by atoms with Crippen molar-refractivity contribution < 1.29 is 14.3 Å². The van der Waals surface area contributed by atoms with Gasteiger partial charge in [-0.2, -0.15) is 0 Å². The standard InChI is InChI=1S/C17H24N4O3/c1-12-4-7-21(8-5-12)9-6-18-17(23)19-13-2-3-14-15(10-13)24-11-16(22)20-14/h2-3,10,12H,4-9,11H2,1H3,(H,20,22)(H2,18,19,23). The highest BCUT2D eigenvalue weighted by atomic mass is 16.5. The van der Waals surface area contributed by atoms with Crippen LogP contribution in [-0.4, -0.2) is 49.6 Å². The molecule has 0 radical (unpaired) electrons. The smallest absolute Gasteiger partial charge is 0.319 e. The van der Waals surface area contributed by atoms with Crippen LogP contribution in [-0.2, 0) is 4.79 Å². The lowest BCUT2D eigenvalue weighted by atomic mass is 9.99. The summed E-state index contributed by atoms with van der Waals surface area (Å²) in [4.78, 5) is 25.6. The highest BCUT2D eigenvalue weighted by Crippen LogP contribution is 2.30. The van der Waals surface area contributed by atoms with Gasteiger partial charge >= 0.3 is 6.03 Å². The van der Waals surface area contributed by atoms with Gasteiger partial charge in [-0.15, -0.1) is 0 Å². The number of carbonyl (C=O) groups excluding carboxylic acids is 2. The van der Waals surface area contributed by atoms with Crippen molar-refractivity contribution in [1.29, 1.82) is 0 Å². The van der Waals surface area contributed by atoms with Gasteiger partial charge in [0.15, 0.2) is 6.61 Å². The van der Waals surface area contributed by atoms with Crippen LogP contribution in [0.3, 0.4) is 0 Å². The van der Waals surface area contributed by atoms with Crippen LogP contribution in [0.5, 0.6) is 5.75 Å². The SMILES string of the molecule is CC1CCN(CCNC(=O)Nc2ccc3c(c2)OCC(=O)N3)CC1. The normalized spacial score (nSPS) is 18.3. The molecule has 1 aromatic rings. The number of likely N-dealkylation sites (tertiary alicyclic amines) is 1. The van der Waals surface area contributed by atoms with Crippen molar-refractivity contribution in [2.45, 2.75) is 19.8 Å². The summed E-state index contributed by atoms with van der Waals surface area (Å²) in [6.45, 7) is 6.00. The number of hydrogen-bond acceptors (Lipinski definition) is 4. The van der Waals surface area contributed by atoms with Crippen molar-refractivity contribution in [2.75, 3.05) is 43.4 Å². The molecule has 1 aromatic carbocycles. The first kappa shape index (κ1) is 16.6. The molecule has 2 aliphatic rings. The van der Waals surface area contributed by atoms with E-state index in [2.05, 4.69) is 27.8 Å². The van der Waals surface area contributed by atoms with Crippen molar-refractivity contribution in [1.82, 2.24) is 10.2 Å². The first-order chi connectivity index (χ1) is 11.6. The molecule has 0 bridgehead atoms. The van der Waals surface area contributed by atoms with Gasteiger partial charge in [-0.3, -0.25) is 4.79 Å². The lowest BCUT2D eigenvalue weighted by molar-refractivity contribution is -0.118. The summed E-state index contributed by atoms with van der Waals surface area (Å²) >= 11 is 0. The molecule has 1 saturated heterocycles. The van der Waals surface area contributed by atoms with Crippen LogP contribution in [0.4, 0.5) is 16.2 Å². The number of benzene rings is 1. The summed E-state index contributed by atoms with van der Waals surface area (Å²) in [5.41, 5.74) is 1.26. The molecular formula is C17H24N4O3. The Labute approximate surface area is 141 Å². The van der Waals surface area contributed by atoms with E-state index in [0.29, 0.717) is 23.7 Å². The van der Waals surface area contributed by atoms with Gasteiger partial charge in [0.25, 0.3) is 5.91 Å². The molecule has 130 valence electrons. The molecule has 7 nitrogen and oxygen atoms in total. The fourth-order valence-corrected chi connectivity index (χ4v) is 2.94. The van der Waals surface area contributed by atoms with Crippen LogP contribution in [0.15, 0.2) is 18.2 Å². The lowest BCUT2D eigenvalue weighted by Crippen LogP contribution is -2.40. The Hall–Kier alpha value is -2.28. The van der Waals surface area contributed by atoms with E-state index < -0.39 is 0 Å². The van der Waals surface area contributed by atoms with Gasteiger partial charge in [-0.1, -0.05) is 6.92 Å². The van der Waals surface area contributed by atoms with Crippen LogP contribution in [0.25, 0.3) is 0 Å². The maximum atomic E-state index is 12.0. The molecule has 3 N–H and O–H groups in total. The monoisotopic (exact) mass is 332 g/mol. The Kier molecular flexibility index (Phi) is 5.20. The van der Waals surface area contributed by atoms with E-state index in [4.69, 9.17) is 4.74 Å². The predicted molar refractivity (Wildman–Crippen MR) is 92.4 cm³/mol. The minimum atomic E-state index is -0.236. The number of amides is 3. The number of fused-ring (bicyclic) bond motifs is 1. The molecule has 0 saturated carbocycles. The minimum Gasteiger partial charge on any atom is -0.482 e. The Morgan fingerprint density at radius 3 is 2.96 bits per heavy atom. The van der Waals surface area contributed by atoms with Crippen molar-refractivity contribution >= 4 is 23.3 Å². The fourth-order valence-electron chi connectivity index (χ4n) is 2.94. The Morgan fingerprint density at radius 1 is 1.38 bits per heavy atom. The van der Waals surface area contributed by atoms with Crippen LogP contribution in [0, 0.1) is 5.92 Å². The minimum absolute atomic E-state index is 0.00288. The second-order valence-corrected chi connectivity index (χ2v) is 6.45. The number of ether oxygens (including phenoxy) is 1. The van der Waals surface area contributed by atoms with Crippen molar-refractivity contribution in [3.63, 3.8) is 0 Å². The molecule has 2 aliphatic heterocycles. The summed E-state index contributed by atoms with van der Waals surface area (Å²) in [7, 11) is 0. The predicted octanol–water partition coefficient (Wildman–Crippen LogP) is 1.87. The van der Waals surface area contributed by atoms with Gasteiger partial charge in [-0.05, 0) is 44.0 Å². The summed E-state index contributed by atoms with van der Waals surface area (Å²) < 4.78 is 5.34. The number of nitrogens with one attached hydrogen (secondary N) is 3. The Morgan fingerprint density at radius 2 is 2.17 bits per heavy atom. The molecule has 7 heteroatoms. The van der Waals surface area contributed by atoms with E-state index in [1.54, 1.807) is 18.2 Å². The zero-order valence-electron chi connectivity index (χ0n) is 13.9. The average Bonchev–Trinajstić information content (AvgIpc) is 2.57.